The van der Waals surface area contributed by atoms with Crippen LogP contribution in [0.25, 0.3) is 0 Å². The number of benzene rings is 1. The van der Waals surface area contributed by atoms with Crippen LogP contribution in [-0.2, 0) is 30.3 Å². The fourth-order valence-electron chi connectivity index (χ4n) is 8.29. The van der Waals surface area contributed by atoms with Crippen LogP contribution >= 0.6 is 0 Å². The lowest BCUT2D eigenvalue weighted by Crippen LogP contribution is -2.70. The summed E-state index contributed by atoms with van der Waals surface area (Å²) in [5, 5.41) is 47.2. The third kappa shape index (κ3) is 23.8. The number of hydrogen-bond acceptors (Lipinski definition) is 8. The molecule has 1 saturated heterocycles. The summed E-state index contributed by atoms with van der Waals surface area (Å²) in [5.41, 5.74) is 0.736. The first kappa shape index (κ1) is 54.1. The molecule has 3 amide bonds. The molecule has 6 atom stereocenters. The van der Waals surface area contributed by atoms with E-state index >= 15 is 0 Å². The van der Waals surface area contributed by atoms with Crippen molar-refractivity contribution in [1.29, 1.82) is 0 Å². The second-order valence-corrected chi connectivity index (χ2v) is 17.4. The smallest absolute Gasteiger partial charge is 0.303 e. The van der Waals surface area contributed by atoms with Crippen molar-refractivity contribution in [2.75, 3.05) is 13.2 Å². The SMILES string of the molecule is CCCCCCCCCCCCCCCCCCN(C(=O)CCCCCCCCCCC)[C@@H]1O[C@H](CO)[C@@H](O)[C@H](O)[C@H]1NC(=O)[C@H](Cc1ccccc1)NC(=O)CCC(=O)O. The molecule has 350 valence electrons. The summed E-state index contributed by atoms with van der Waals surface area (Å²) in [6.45, 7) is 4.17. The van der Waals surface area contributed by atoms with E-state index in [9.17, 15) is 34.5 Å². The number of ether oxygens (including phenoxy) is 1. The molecular weight excluding hydrogens is 775 g/mol. The van der Waals surface area contributed by atoms with E-state index in [-0.39, 0.29) is 25.2 Å². The first-order chi connectivity index (χ1) is 29.6. The van der Waals surface area contributed by atoms with E-state index in [0.717, 1.165) is 44.1 Å². The number of nitrogens with zero attached hydrogens (tertiary/aromatic N) is 1. The van der Waals surface area contributed by atoms with Crippen molar-refractivity contribution in [3.05, 3.63) is 35.9 Å². The predicted octanol–water partition coefficient (Wildman–Crippen LogP) is 8.51. The van der Waals surface area contributed by atoms with E-state index in [1.54, 1.807) is 29.2 Å². The maximum Gasteiger partial charge on any atom is 0.303 e. The van der Waals surface area contributed by atoms with Crippen LogP contribution in [-0.4, -0.2) is 98.8 Å². The van der Waals surface area contributed by atoms with Crippen LogP contribution in [0.1, 0.15) is 199 Å². The highest BCUT2D eigenvalue weighted by molar-refractivity contribution is 5.89. The number of carbonyl (C=O) groups excluding carboxylic acids is 3. The minimum absolute atomic E-state index is 0.0715. The van der Waals surface area contributed by atoms with Gasteiger partial charge >= 0.3 is 5.97 Å². The number of carboxylic acid groups (broad SMARTS) is 1. The number of aliphatic hydroxyl groups is 3. The van der Waals surface area contributed by atoms with E-state index in [0.29, 0.717) is 19.4 Å². The molecule has 0 saturated carbocycles. The first-order valence-corrected chi connectivity index (χ1v) is 24.4. The molecule has 0 spiro atoms. The summed E-state index contributed by atoms with van der Waals surface area (Å²) in [5.74, 6) is -2.64. The predicted molar refractivity (Wildman–Crippen MR) is 242 cm³/mol. The fourth-order valence-corrected chi connectivity index (χ4v) is 8.29. The lowest BCUT2D eigenvalue weighted by Gasteiger charge is -2.47. The molecule has 0 unspecified atom stereocenters. The topological polar surface area (TPSA) is 186 Å². The second-order valence-electron chi connectivity index (χ2n) is 17.4. The van der Waals surface area contributed by atoms with Gasteiger partial charge in [-0.15, -0.1) is 0 Å². The Bertz CT molecular complexity index is 1300. The molecule has 1 aromatic rings. The number of unbranched alkanes of at least 4 members (excludes halogenated alkanes) is 23. The minimum atomic E-state index is -1.60. The lowest BCUT2D eigenvalue weighted by molar-refractivity contribution is -0.231. The largest absolute Gasteiger partial charge is 0.481 e. The molecule has 0 aliphatic carbocycles. The maximum atomic E-state index is 14.1. The summed E-state index contributed by atoms with van der Waals surface area (Å²) in [4.78, 5) is 53.7. The van der Waals surface area contributed by atoms with Crippen LogP contribution in [0.2, 0.25) is 0 Å². The van der Waals surface area contributed by atoms with Gasteiger partial charge in [-0.05, 0) is 18.4 Å². The number of carbonyl (C=O) groups is 4. The standard InChI is InChI=1S/C49H85N3O9/c1-3-5-7-9-11-13-14-15-16-17-18-19-21-23-25-30-36-52(43(55)33-29-24-22-20-12-10-8-6-4-2)49-45(47(59)46(58)41(38-53)61-49)51-48(60)40(37-39-31-27-26-28-32-39)50-42(54)34-35-44(56)57/h26-28,31-32,40-41,45-47,49,53,58-59H,3-25,29-30,33-38H2,1-2H3,(H,50,54)(H,51,60)(H,56,57)/t40-,41+,45+,46+,47+,49+/m0/s1. The van der Waals surface area contributed by atoms with Gasteiger partial charge in [0.1, 0.15) is 30.4 Å². The van der Waals surface area contributed by atoms with Crippen molar-refractivity contribution >= 4 is 23.7 Å². The molecule has 0 aromatic heterocycles. The molecule has 2 rings (SSSR count). The van der Waals surface area contributed by atoms with Crippen LogP contribution in [0.15, 0.2) is 30.3 Å². The van der Waals surface area contributed by atoms with E-state index in [4.69, 9.17) is 9.84 Å². The van der Waals surface area contributed by atoms with Crippen LogP contribution in [0.5, 0.6) is 0 Å². The van der Waals surface area contributed by atoms with Crippen molar-refractivity contribution in [1.82, 2.24) is 15.5 Å². The number of hydrogen-bond donors (Lipinski definition) is 6. The molecule has 1 aliphatic heterocycles. The molecule has 6 N–H and O–H groups in total. The Labute approximate surface area is 368 Å². The van der Waals surface area contributed by atoms with Crippen LogP contribution < -0.4 is 10.6 Å². The zero-order valence-corrected chi connectivity index (χ0v) is 38.0. The van der Waals surface area contributed by atoms with Crippen LogP contribution in [0.3, 0.4) is 0 Å². The first-order valence-electron chi connectivity index (χ1n) is 24.4. The molecular formula is C49H85N3O9. The van der Waals surface area contributed by atoms with Crippen LogP contribution in [0.4, 0.5) is 0 Å². The van der Waals surface area contributed by atoms with Crippen LogP contribution in [0, 0.1) is 0 Å². The summed E-state index contributed by atoms with van der Waals surface area (Å²) in [6, 6.07) is 6.57. The average Bonchev–Trinajstić information content (AvgIpc) is 3.25. The highest BCUT2D eigenvalue weighted by Crippen LogP contribution is 2.26. The highest BCUT2D eigenvalue weighted by atomic mass is 16.5. The van der Waals surface area contributed by atoms with E-state index in [1.807, 2.05) is 6.07 Å². The number of nitrogens with one attached hydrogen (secondary N) is 2. The molecule has 1 heterocycles. The van der Waals surface area contributed by atoms with Crippen molar-refractivity contribution in [3.8, 4) is 0 Å². The molecule has 61 heavy (non-hydrogen) atoms. The summed E-state index contributed by atoms with van der Waals surface area (Å²) >= 11 is 0. The maximum absolute atomic E-state index is 14.1. The number of carboxylic acids is 1. The monoisotopic (exact) mass is 860 g/mol. The van der Waals surface area contributed by atoms with Gasteiger partial charge in [-0.25, -0.2) is 0 Å². The van der Waals surface area contributed by atoms with Gasteiger partial charge in [0.15, 0.2) is 6.23 Å². The number of aliphatic carboxylic acids is 1. The molecule has 0 bridgehead atoms. The van der Waals surface area contributed by atoms with Gasteiger partial charge in [0, 0.05) is 25.8 Å². The molecule has 1 fully saturated rings. The summed E-state index contributed by atoms with van der Waals surface area (Å²) in [7, 11) is 0. The van der Waals surface area contributed by atoms with Gasteiger partial charge in [-0.2, -0.15) is 0 Å². The Hall–Kier alpha value is -3.06. The summed E-state index contributed by atoms with van der Waals surface area (Å²) < 4.78 is 6.21. The van der Waals surface area contributed by atoms with Gasteiger partial charge in [-0.3, -0.25) is 19.2 Å². The Morgan fingerprint density at radius 2 is 1.11 bits per heavy atom. The van der Waals surface area contributed by atoms with Gasteiger partial charge in [-0.1, -0.05) is 192 Å². The Kier molecular flexibility index (Phi) is 30.5. The van der Waals surface area contributed by atoms with Gasteiger partial charge in [0.25, 0.3) is 0 Å². The van der Waals surface area contributed by atoms with Gasteiger partial charge in [0.2, 0.25) is 17.7 Å². The average molecular weight is 860 g/mol. The molecule has 1 aromatic carbocycles. The van der Waals surface area contributed by atoms with Crippen molar-refractivity contribution in [2.45, 2.75) is 237 Å². The van der Waals surface area contributed by atoms with Gasteiger partial charge in [0.05, 0.1) is 13.0 Å². The Morgan fingerprint density at radius 3 is 1.59 bits per heavy atom. The molecule has 12 heteroatoms. The fraction of sp³-hybridized carbons (Fsp3) is 0.796. The normalized spacial score (nSPS) is 19.3. The highest BCUT2D eigenvalue weighted by Gasteiger charge is 2.48. The Morgan fingerprint density at radius 1 is 0.639 bits per heavy atom. The number of aliphatic hydroxyl groups excluding tert-OH is 3. The third-order valence-corrected chi connectivity index (χ3v) is 12.1. The van der Waals surface area contributed by atoms with E-state index in [1.165, 1.54) is 109 Å². The number of rotatable bonds is 37. The zero-order valence-electron chi connectivity index (χ0n) is 38.0. The van der Waals surface area contributed by atoms with E-state index < -0.39 is 67.4 Å². The van der Waals surface area contributed by atoms with Crippen molar-refractivity contribution in [2.24, 2.45) is 0 Å². The van der Waals surface area contributed by atoms with E-state index in [2.05, 4.69) is 24.5 Å². The third-order valence-electron chi connectivity index (χ3n) is 12.1. The second kappa shape index (κ2) is 34.4. The Balaban J connectivity index is 2.11. The quantitative estimate of drug-likeness (QED) is 0.0357. The zero-order chi connectivity index (χ0) is 44.5. The minimum Gasteiger partial charge on any atom is -0.481 e. The molecule has 12 nitrogen and oxygen atoms in total. The molecule has 0 radical (unpaired) electrons. The lowest BCUT2D eigenvalue weighted by atomic mass is 9.94. The van der Waals surface area contributed by atoms with Crippen molar-refractivity contribution in [3.63, 3.8) is 0 Å². The molecule has 1 aliphatic rings. The van der Waals surface area contributed by atoms with Crippen molar-refractivity contribution < 1.29 is 44.3 Å². The summed E-state index contributed by atoms with van der Waals surface area (Å²) in [6.07, 6.45) is 23.3. The number of amides is 3. The van der Waals surface area contributed by atoms with Gasteiger partial charge < -0.3 is 40.7 Å².